The topological polar surface area (TPSA) is 82.2 Å². The fourth-order valence-corrected chi connectivity index (χ4v) is 4.68. The van der Waals surface area contributed by atoms with Crippen molar-refractivity contribution in [2.75, 3.05) is 56.6 Å². The zero-order chi connectivity index (χ0) is 24.8. The first-order valence-electron chi connectivity index (χ1n) is 12.4. The van der Waals surface area contributed by atoms with Gasteiger partial charge in [-0.2, -0.15) is 0 Å². The zero-order valence-corrected chi connectivity index (χ0v) is 20.5. The van der Waals surface area contributed by atoms with E-state index in [9.17, 15) is 14.4 Å². The van der Waals surface area contributed by atoms with E-state index in [1.165, 1.54) is 0 Å². The highest BCUT2D eigenvalue weighted by Crippen LogP contribution is 2.28. The van der Waals surface area contributed by atoms with Crippen molar-refractivity contribution in [1.29, 1.82) is 0 Å². The van der Waals surface area contributed by atoms with E-state index in [2.05, 4.69) is 17.1 Å². The van der Waals surface area contributed by atoms with Gasteiger partial charge >= 0.3 is 0 Å². The summed E-state index contributed by atoms with van der Waals surface area (Å²) < 4.78 is 5.47. The van der Waals surface area contributed by atoms with Gasteiger partial charge in [0.1, 0.15) is 5.75 Å². The highest BCUT2D eigenvalue weighted by Gasteiger charge is 2.34. The molecule has 1 atom stereocenters. The summed E-state index contributed by atoms with van der Waals surface area (Å²) in [6, 6.07) is 14.9. The number of likely N-dealkylation sites (tertiary alicyclic amines) is 1. The van der Waals surface area contributed by atoms with E-state index >= 15 is 0 Å². The Morgan fingerprint density at radius 1 is 1.03 bits per heavy atom. The molecule has 0 saturated carbocycles. The predicted octanol–water partition coefficient (Wildman–Crippen LogP) is 3.24. The maximum Gasteiger partial charge on any atom is 0.253 e. The van der Waals surface area contributed by atoms with Crippen molar-refractivity contribution >= 4 is 29.1 Å². The van der Waals surface area contributed by atoms with Crippen LogP contribution < -0.4 is 15.0 Å². The van der Waals surface area contributed by atoms with E-state index in [0.717, 1.165) is 37.4 Å². The zero-order valence-electron chi connectivity index (χ0n) is 20.5. The van der Waals surface area contributed by atoms with Gasteiger partial charge < -0.3 is 24.8 Å². The molecule has 0 aliphatic carbocycles. The van der Waals surface area contributed by atoms with Gasteiger partial charge in [0.2, 0.25) is 11.8 Å². The van der Waals surface area contributed by atoms with Gasteiger partial charge in [0.05, 0.1) is 18.7 Å². The first-order valence-corrected chi connectivity index (χ1v) is 12.4. The predicted molar refractivity (Wildman–Crippen MR) is 136 cm³/mol. The molecule has 2 aliphatic heterocycles. The van der Waals surface area contributed by atoms with Crippen molar-refractivity contribution in [1.82, 2.24) is 9.80 Å². The number of carbonyl (C=O) groups excluding carboxylic acids is 3. The van der Waals surface area contributed by atoms with E-state index in [0.29, 0.717) is 37.4 Å². The van der Waals surface area contributed by atoms with Crippen molar-refractivity contribution < 1.29 is 19.1 Å². The Morgan fingerprint density at radius 2 is 1.74 bits per heavy atom. The summed E-state index contributed by atoms with van der Waals surface area (Å²) in [6.07, 6.45) is 2.22. The Kier molecular flexibility index (Phi) is 7.90. The smallest absolute Gasteiger partial charge is 0.253 e. The number of para-hydroxylation sites is 2. The van der Waals surface area contributed by atoms with Crippen LogP contribution in [0.2, 0.25) is 0 Å². The standard InChI is InChI=1S/C27H34N4O4/c1-3-4-13-31-19-21(18-25(31)32)26(33)28-22-11-9-20(10-12-22)27(34)30-16-14-29(15-17-30)23-7-5-6-8-24(23)35-2/h5-12,21H,3-4,13-19H2,1-2H3,(H,28,33). The lowest BCUT2D eigenvalue weighted by atomic mass is 10.1. The molecule has 186 valence electrons. The molecule has 2 saturated heterocycles. The third-order valence-corrected chi connectivity index (χ3v) is 6.76. The molecule has 0 spiro atoms. The van der Waals surface area contributed by atoms with Gasteiger partial charge in [0.15, 0.2) is 0 Å². The van der Waals surface area contributed by atoms with Crippen LogP contribution in [0.1, 0.15) is 36.5 Å². The van der Waals surface area contributed by atoms with Gasteiger partial charge in [0.25, 0.3) is 5.91 Å². The summed E-state index contributed by atoms with van der Waals surface area (Å²) in [5.74, 6) is 0.380. The van der Waals surface area contributed by atoms with E-state index in [4.69, 9.17) is 4.74 Å². The molecule has 35 heavy (non-hydrogen) atoms. The highest BCUT2D eigenvalue weighted by molar-refractivity contribution is 5.98. The molecule has 4 rings (SSSR count). The number of carbonyl (C=O) groups is 3. The number of hydrogen-bond acceptors (Lipinski definition) is 5. The third-order valence-electron chi connectivity index (χ3n) is 6.76. The fraction of sp³-hybridized carbons (Fsp3) is 0.444. The normalized spacial score (nSPS) is 18.1. The molecule has 8 nitrogen and oxygen atoms in total. The number of nitrogens with zero attached hydrogens (tertiary/aromatic N) is 3. The first kappa shape index (κ1) is 24.6. The van der Waals surface area contributed by atoms with Crippen LogP contribution in [0.3, 0.4) is 0 Å². The lowest BCUT2D eigenvalue weighted by Gasteiger charge is -2.36. The Labute approximate surface area is 206 Å². The molecule has 2 fully saturated rings. The van der Waals surface area contributed by atoms with Crippen molar-refractivity contribution in [2.24, 2.45) is 5.92 Å². The number of rotatable bonds is 8. The van der Waals surface area contributed by atoms with Crippen molar-refractivity contribution in [3.63, 3.8) is 0 Å². The number of benzene rings is 2. The maximum atomic E-state index is 13.0. The largest absolute Gasteiger partial charge is 0.495 e. The molecule has 2 aromatic rings. The second-order valence-corrected chi connectivity index (χ2v) is 9.11. The lowest BCUT2D eigenvalue weighted by Crippen LogP contribution is -2.48. The van der Waals surface area contributed by atoms with Crippen molar-refractivity contribution in [2.45, 2.75) is 26.2 Å². The van der Waals surface area contributed by atoms with Crippen LogP contribution in [-0.2, 0) is 9.59 Å². The molecule has 0 bridgehead atoms. The van der Waals surface area contributed by atoms with Crippen molar-refractivity contribution in [3.8, 4) is 5.75 Å². The van der Waals surface area contributed by atoms with Crippen LogP contribution in [0, 0.1) is 5.92 Å². The highest BCUT2D eigenvalue weighted by atomic mass is 16.5. The molecule has 2 aromatic carbocycles. The summed E-state index contributed by atoms with van der Waals surface area (Å²) in [7, 11) is 1.67. The molecule has 0 radical (unpaired) electrons. The minimum absolute atomic E-state index is 0.0180. The van der Waals surface area contributed by atoms with Crippen molar-refractivity contribution in [3.05, 3.63) is 54.1 Å². The molecule has 8 heteroatoms. The molecule has 2 heterocycles. The van der Waals surface area contributed by atoms with Crippen LogP contribution in [0.5, 0.6) is 5.75 Å². The third kappa shape index (κ3) is 5.75. The van der Waals surface area contributed by atoms with Gasteiger partial charge in [-0.05, 0) is 42.8 Å². The van der Waals surface area contributed by atoms with Crippen LogP contribution in [0.25, 0.3) is 0 Å². The first-order chi connectivity index (χ1) is 17.0. The average molecular weight is 479 g/mol. The quantitative estimate of drug-likeness (QED) is 0.630. The summed E-state index contributed by atoms with van der Waals surface area (Å²) in [6.45, 7) is 5.98. The number of methoxy groups -OCH3 is 1. The van der Waals surface area contributed by atoms with Crippen LogP contribution in [0.4, 0.5) is 11.4 Å². The number of anilines is 2. The summed E-state index contributed by atoms with van der Waals surface area (Å²) in [4.78, 5) is 43.7. The number of ether oxygens (including phenoxy) is 1. The van der Waals surface area contributed by atoms with Gasteiger partial charge in [0, 0.05) is 56.9 Å². The summed E-state index contributed by atoms with van der Waals surface area (Å²) in [5.41, 5.74) is 2.27. The Hall–Kier alpha value is -3.55. The Morgan fingerprint density at radius 3 is 2.43 bits per heavy atom. The number of hydrogen-bond donors (Lipinski definition) is 1. The van der Waals surface area contributed by atoms with E-state index in [-0.39, 0.29) is 30.1 Å². The molecule has 1 N–H and O–H groups in total. The van der Waals surface area contributed by atoms with E-state index in [1.54, 1.807) is 36.3 Å². The fourth-order valence-electron chi connectivity index (χ4n) is 4.68. The number of nitrogens with one attached hydrogen (secondary N) is 1. The second-order valence-electron chi connectivity index (χ2n) is 9.11. The maximum absolute atomic E-state index is 13.0. The van der Waals surface area contributed by atoms with E-state index in [1.807, 2.05) is 29.2 Å². The van der Waals surface area contributed by atoms with Crippen LogP contribution in [0.15, 0.2) is 48.5 Å². The number of amides is 3. The summed E-state index contributed by atoms with van der Waals surface area (Å²) >= 11 is 0. The van der Waals surface area contributed by atoms with Gasteiger partial charge in [-0.15, -0.1) is 0 Å². The lowest BCUT2D eigenvalue weighted by molar-refractivity contribution is -0.128. The van der Waals surface area contributed by atoms with Gasteiger partial charge in [-0.3, -0.25) is 14.4 Å². The molecule has 3 amide bonds. The molecular formula is C27H34N4O4. The molecule has 0 aromatic heterocycles. The minimum Gasteiger partial charge on any atom is -0.495 e. The molecule has 2 aliphatic rings. The van der Waals surface area contributed by atoms with E-state index < -0.39 is 0 Å². The number of unbranched alkanes of at least 4 members (excludes halogenated alkanes) is 1. The molecular weight excluding hydrogens is 444 g/mol. The monoisotopic (exact) mass is 478 g/mol. The van der Waals surface area contributed by atoms with Gasteiger partial charge in [-0.25, -0.2) is 0 Å². The SMILES string of the molecule is CCCCN1CC(C(=O)Nc2ccc(C(=O)N3CCN(c4ccccc4OC)CC3)cc2)CC1=O. The summed E-state index contributed by atoms with van der Waals surface area (Å²) in [5, 5.41) is 2.90. The van der Waals surface area contributed by atoms with Crippen LogP contribution in [-0.4, -0.2) is 73.9 Å². The molecule has 1 unspecified atom stereocenters. The second kappa shape index (κ2) is 11.3. The Bertz CT molecular complexity index is 1050. The Balaban J connectivity index is 1.29. The van der Waals surface area contributed by atoms with Crippen LogP contribution >= 0.6 is 0 Å². The minimum atomic E-state index is -0.333. The average Bonchev–Trinajstić information content (AvgIpc) is 3.28. The van der Waals surface area contributed by atoms with Gasteiger partial charge in [-0.1, -0.05) is 25.5 Å². The number of piperazine rings is 1.